The van der Waals surface area contributed by atoms with Crippen molar-refractivity contribution in [1.29, 1.82) is 0 Å². The van der Waals surface area contributed by atoms with Crippen LogP contribution in [0.25, 0.3) is 11.3 Å². The van der Waals surface area contributed by atoms with E-state index in [9.17, 15) is 0 Å². The van der Waals surface area contributed by atoms with E-state index in [2.05, 4.69) is 9.97 Å². The van der Waals surface area contributed by atoms with E-state index < -0.39 is 0 Å². The molecule has 88 valence electrons. The van der Waals surface area contributed by atoms with Gasteiger partial charge in [0.25, 0.3) is 0 Å². The van der Waals surface area contributed by atoms with Crippen molar-refractivity contribution < 1.29 is 9.47 Å². The Morgan fingerprint density at radius 2 is 2.00 bits per heavy atom. The van der Waals surface area contributed by atoms with Crippen molar-refractivity contribution in [3.05, 3.63) is 42.7 Å². The van der Waals surface area contributed by atoms with Gasteiger partial charge >= 0.3 is 0 Å². The molecule has 2 aromatic heterocycles. The van der Waals surface area contributed by atoms with Crippen LogP contribution < -0.4 is 4.74 Å². The normalized spacial score (nSPS) is 10.2. The van der Waals surface area contributed by atoms with Gasteiger partial charge < -0.3 is 9.47 Å². The van der Waals surface area contributed by atoms with Gasteiger partial charge in [0.2, 0.25) is 5.88 Å². The molecule has 0 fully saturated rings. The molecular weight excluding hydrogens is 216 g/mol. The largest absolute Gasteiger partial charge is 0.475 e. The number of hydrogen-bond donors (Lipinski definition) is 0. The average molecular weight is 230 g/mol. The Hall–Kier alpha value is -1.94. The third kappa shape index (κ3) is 3.26. The molecule has 0 bridgehead atoms. The molecule has 0 aromatic carbocycles. The van der Waals surface area contributed by atoms with Crippen molar-refractivity contribution >= 4 is 0 Å². The molecule has 17 heavy (non-hydrogen) atoms. The van der Waals surface area contributed by atoms with E-state index in [1.165, 1.54) is 0 Å². The van der Waals surface area contributed by atoms with Crippen molar-refractivity contribution in [2.75, 3.05) is 20.3 Å². The van der Waals surface area contributed by atoms with E-state index in [-0.39, 0.29) is 0 Å². The van der Waals surface area contributed by atoms with Gasteiger partial charge in [-0.05, 0) is 18.2 Å². The SMILES string of the molecule is COCCOc1ccc(-c2ccccn2)cn1. The number of ether oxygens (including phenoxy) is 2. The molecule has 0 aliphatic rings. The van der Waals surface area contributed by atoms with E-state index >= 15 is 0 Å². The van der Waals surface area contributed by atoms with Crippen molar-refractivity contribution in [1.82, 2.24) is 9.97 Å². The van der Waals surface area contributed by atoms with Gasteiger partial charge in [-0.25, -0.2) is 4.98 Å². The average Bonchev–Trinajstić information content (AvgIpc) is 2.41. The smallest absolute Gasteiger partial charge is 0.213 e. The Morgan fingerprint density at radius 3 is 2.65 bits per heavy atom. The van der Waals surface area contributed by atoms with Gasteiger partial charge in [-0.15, -0.1) is 0 Å². The number of rotatable bonds is 5. The molecule has 0 saturated carbocycles. The molecule has 0 unspecified atom stereocenters. The summed E-state index contributed by atoms with van der Waals surface area (Å²) >= 11 is 0. The second kappa shape index (κ2) is 5.96. The van der Waals surface area contributed by atoms with E-state index in [0.29, 0.717) is 19.1 Å². The summed E-state index contributed by atoms with van der Waals surface area (Å²) in [5.41, 5.74) is 1.88. The molecule has 4 nitrogen and oxygen atoms in total. The summed E-state index contributed by atoms with van der Waals surface area (Å²) in [6, 6.07) is 9.56. The van der Waals surface area contributed by atoms with Crippen LogP contribution in [0.5, 0.6) is 5.88 Å². The highest BCUT2D eigenvalue weighted by molar-refractivity contribution is 5.57. The Bertz CT molecular complexity index is 443. The third-order valence-electron chi connectivity index (χ3n) is 2.23. The van der Waals surface area contributed by atoms with Gasteiger partial charge in [-0.3, -0.25) is 4.98 Å². The summed E-state index contributed by atoms with van der Waals surface area (Å²) in [6.45, 7) is 1.07. The first-order chi connectivity index (χ1) is 8.40. The predicted molar refractivity (Wildman–Crippen MR) is 64.8 cm³/mol. The van der Waals surface area contributed by atoms with Crippen molar-refractivity contribution in [3.63, 3.8) is 0 Å². The molecule has 0 spiro atoms. The zero-order chi connectivity index (χ0) is 11.9. The van der Waals surface area contributed by atoms with E-state index in [4.69, 9.17) is 9.47 Å². The molecule has 0 saturated heterocycles. The molecule has 4 heteroatoms. The summed E-state index contributed by atoms with van der Waals surface area (Å²) in [7, 11) is 1.64. The van der Waals surface area contributed by atoms with Gasteiger partial charge in [-0.2, -0.15) is 0 Å². The highest BCUT2D eigenvalue weighted by atomic mass is 16.5. The van der Waals surface area contributed by atoms with Crippen LogP contribution in [0, 0.1) is 0 Å². The van der Waals surface area contributed by atoms with Crippen LogP contribution in [0.3, 0.4) is 0 Å². The molecule has 2 aromatic rings. The molecule has 2 heterocycles. The molecular formula is C13H14N2O2. The number of aromatic nitrogens is 2. The maximum Gasteiger partial charge on any atom is 0.213 e. The lowest BCUT2D eigenvalue weighted by molar-refractivity contribution is 0.144. The Balaban J connectivity index is 2.03. The fourth-order valence-electron chi connectivity index (χ4n) is 1.38. The lowest BCUT2D eigenvalue weighted by Gasteiger charge is -2.05. The molecule has 2 rings (SSSR count). The lowest BCUT2D eigenvalue weighted by Crippen LogP contribution is -2.05. The zero-order valence-electron chi connectivity index (χ0n) is 9.67. The standard InChI is InChI=1S/C13H14N2O2/c1-16-8-9-17-13-6-5-11(10-15-13)12-4-2-3-7-14-12/h2-7,10H,8-9H2,1H3. The molecule has 0 aliphatic heterocycles. The van der Waals surface area contributed by atoms with Gasteiger partial charge in [0.15, 0.2) is 0 Å². The first-order valence-electron chi connectivity index (χ1n) is 5.39. The van der Waals surface area contributed by atoms with Crippen LogP contribution in [0.2, 0.25) is 0 Å². The van der Waals surface area contributed by atoms with Crippen molar-refractivity contribution in [2.45, 2.75) is 0 Å². The van der Waals surface area contributed by atoms with Gasteiger partial charge in [0.1, 0.15) is 6.61 Å². The molecule has 0 amide bonds. The summed E-state index contributed by atoms with van der Waals surface area (Å²) < 4.78 is 10.3. The minimum atomic E-state index is 0.506. The van der Waals surface area contributed by atoms with Gasteiger partial charge in [0, 0.05) is 31.1 Å². The first-order valence-corrected chi connectivity index (χ1v) is 5.39. The highest BCUT2D eigenvalue weighted by Crippen LogP contribution is 2.17. The molecule has 0 atom stereocenters. The number of methoxy groups -OCH3 is 1. The fourth-order valence-corrected chi connectivity index (χ4v) is 1.38. The minimum Gasteiger partial charge on any atom is -0.475 e. The van der Waals surface area contributed by atoms with Crippen molar-refractivity contribution in [2.24, 2.45) is 0 Å². The highest BCUT2D eigenvalue weighted by Gasteiger charge is 2.00. The Morgan fingerprint density at radius 1 is 1.06 bits per heavy atom. The maximum absolute atomic E-state index is 5.38. The first kappa shape index (κ1) is 11.5. The van der Waals surface area contributed by atoms with Gasteiger partial charge in [-0.1, -0.05) is 6.07 Å². The quantitative estimate of drug-likeness (QED) is 0.738. The summed E-state index contributed by atoms with van der Waals surface area (Å²) in [5.74, 6) is 0.599. The van der Waals surface area contributed by atoms with Crippen LogP contribution >= 0.6 is 0 Å². The van der Waals surface area contributed by atoms with E-state index in [1.54, 1.807) is 19.5 Å². The summed E-state index contributed by atoms with van der Waals surface area (Å²) in [5, 5.41) is 0. The van der Waals surface area contributed by atoms with Gasteiger partial charge in [0.05, 0.1) is 12.3 Å². The topological polar surface area (TPSA) is 44.2 Å². The summed E-state index contributed by atoms with van der Waals surface area (Å²) in [6.07, 6.45) is 3.52. The monoisotopic (exact) mass is 230 g/mol. The number of nitrogens with zero attached hydrogens (tertiary/aromatic N) is 2. The third-order valence-corrected chi connectivity index (χ3v) is 2.23. The van der Waals surface area contributed by atoms with Crippen LogP contribution in [0.15, 0.2) is 42.7 Å². The lowest BCUT2D eigenvalue weighted by atomic mass is 10.2. The van der Waals surface area contributed by atoms with Crippen LogP contribution in [0.4, 0.5) is 0 Å². The molecule has 0 N–H and O–H groups in total. The predicted octanol–water partition coefficient (Wildman–Crippen LogP) is 2.17. The number of hydrogen-bond acceptors (Lipinski definition) is 4. The Kier molecular flexibility index (Phi) is 4.05. The van der Waals surface area contributed by atoms with Crippen LogP contribution in [-0.2, 0) is 4.74 Å². The van der Waals surface area contributed by atoms with Crippen LogP contribution in [0.1, 0.15) is 0 Å². The zero-order valence-corrected chi connectivity index (χ0v) is 9.67. The summed E-state index contributed by atoms with van der Waals surface area (Å²) in [4.78, 5) is 8.46. The minimum absolute atomic E-state index is 0.506. The molecule has 0 aliphatic carbocycles. The van der Waals surface area contributed by atoms with Crippen molar-refractivity contribution in [3.8, 4) is 17.1 Å². The number of pyridine rings is 2. The fraction of sp³-hybridized carbons (Fsp3) is 0.231. The molecule has 0 radical (unpaired) electrons. The second-order valence-electron chi connectivity index (χ2n) is 3.44. The van der Waals surface area contributed by atoms with E-state index in [0.717, 1.165) is 11.3 Å². The van der Waals surface area contributed by atoms with Crippen LogP contribution in [-0.4, -0.2) is 30.3 Å². The maximum atomic E-state index is 5.38. The second-order valence-corrected chi connectivity index (χ2v) is 3.44. The van der Waals surface area contributed by atoms with E-state index in [1.807, 2.05) is 30.3 Å². The Labute approximate surface area is 100 Å².